The number of allylic oxidation sites excluding steroid dienone is 1. The number of methoxy groups -OCH3 is 2. The number of hydrogen-bond acceptors (Lipinski definition) is 3. The Morgan fingerprint density at radius 2 is 1.92 bits per heavy atom. The predicted octanol–water partition coefficient (Wildman–Crippen LogP) is 1.53. The van der Waals surface area contributed by atoms with Crippen molar-refractivity contribution in [3.8, 4) is 0 Å². The molecular formula is C9H16O3. The van der Waals surface area contributed by atoms with E-state index in [2.05, 4.69) is 6.58 Å². The highest BCUT2D eigenvalue weighted by Gasteiger charge is 2.16. The molecule has 3 heteroatoms. The first-order valence-electron chi connectivity index (χ1n) is 3.90. The van der Waals surface area contributed by atoms with Gasteiger partial charge in [-0.1, -0.05) is 19.1 Å². The van der Waals surface area contributed by atoms with Crippen LogP contribution in [0.3, 0.4) is 0 Å². The predicted molar refractivity (Wildman–Crippen MR) is 46.9 cm³/mol. The summed E-state index contributed by atoms with van der Waals surface area (Å²) in [5, 5.41) is 0. The van der Waals surface area contributed by atoms with E-state index in [4.69, 9.17) is 9.47 Å². The van der Waals surface area contributed by atoms with Crippen molar-refractivity contribution < 1.29 is 14.3 Å². The molecule has 0 saturated heterocycles. The second-order valence-corrected chi connectivity index (χ2v) is 2.55. The summed E-state index contributed by atoms with van der Waals surface area (Å²) in [7, 11) is 2.89. The second kappa shape index (κ2) is 5.91. The monoisotopic (exact) mass is 172 g/mol. The van der Waals surface area contributed by atoms with Crippen LogP contribution in [0.2, 0.25) is 0 Å². The van der Waals surface area contributed by atoms with Gasteiger partial charge in [-0.3, -0.25) is 4.79 Å². The van der Waals surface area contributed by atoms with Crippen molar-refractivity contribution in [3.63, 3.8) is 0 Å². The average Bonchev–Trinajstić information content (AvgIpc) is 2.06. The summed E-state index contributed by atoms with van der Waals surface area (Å²) >= 11 is 0. The zero-order valence-corrected chi connectivity index (χ0v) is 7.92. The van der Waals surface area contributed by atoms with Crippen molar-refractivity contribution >= 4 is 5.78 Å². The fraction of sp³-hybridized carbons (Fsp3) is 0.667. The Morgan fingerprint density at radius 1 is 1.42 bits per heavy atom. The minimum atomic E-state index is -0.742. The first kappa shape index (κ1) is 11.3. The third kappa shape index (κ3) is 3.64. The van der Waals surface area contributed by atoms with Crippen LogP contribution in [-0.4, -0.2) is 26.3 Å². The fourth-order valence-corrected chi connectivity index (χ4v) is 0.814. The Labute approximate surface area is 73.4 Å². The summed E-state index contributed by atoms with van der Waals surface area (Å²) in [6.45, 7) is 5.69. The highest BCUT2D eigenvalue weighted by molar-refractivity contribution is 5.83. The molecule has 0 aromatic carbocycles. The molecule has 0 spiro atoms. The second-order valence-electron chi connectivity index (χ2n) is 2.55. The summed E-state index contributed by atoms with van der Waals surface area (Å²) in [6, 6.07) is 0. The largest absolute Gasteiger partial charge is 0.349 e. The minimum absolute atomic E-state index is 0.0770. The standard InChI is InChI=1S/C9H16O3/c1-5-7(2)6-8(10)9(11-3)12-4/h9H,2,5-6H2,1,3-4H3. The summed E-state index contributed by atoms with van der Waals surface area (Å²) < 4.78 is 9.59. The van der Waals surface area contributed by atoms with Crippen molar-refractivity contribution in [1.29, 1.82) is 0 Å². The number of rotatable bonds is 6. The van der Waals surface area contributed by atoms with Gasteiger partial charge in [0.25, 0.3) is 0 Å². The normalized spacial score (nSPS) is 10.3. The van der Waals surface area contributed by atoms with E-state index in [9.17, 15) is 4.79 Å². The molecule has 0 aliphatic rings. The number of Topliss-reactive ketones (excluding diaryl/α,β-unsaturated/α-hetero) is 1. The van der Waals surface area contributed by atoms with Gasteiger partial charge in [0.05, 0.1) is 0 Å². The van der Waals surface area contributed by atoms with E-state index in [1.54, 1.807) is 0 Å². The van der Waals surface area contributed by atoms with E-state index < -0.39 is 6.29 Å². The van der Waals surface area contributed by atoms with Gasteiger partial charge in [-0.25, -0.2) is 0 Å². The van der Waals surface area contributed by atoms with Gasteiger partial charge < -0.3 is 9.47 Å². The van der Waals surface area contributed by atoms with E-state index in [-0.39, 0.29) is 5.78 Å². The van der Waals surface area contributed by atoms with E-state index in [0.717, 1.165) is 12.0 Å². The maximum Gasteiger partial charge on any atom is 0.217 e. The summed E-state index contributed by atoms with van der Waals surface area (Å²) in [6.07, 6.45) is 0.405. The molecule has 0 fully saturated rings. The van der Waals surface area contributed by atoms with Gasteiger partial charge in [0.1, 0.15) is 0 Å². The van der Waals surface area contributed by atoms with Gasteiger partial charge in [-0.15, -0.1) is 0 Å². The highest BCUT2D eigenvalue weighted by Crippen LogP contribution is 2.07. The number of hydrogen-bond donors (Lipinski definition) is 0. The summed E-state index contributed by atoms with van der Waals surface area (Å²) in [4.78, 5) is 11.3. The van der Waals surface area contributed by atoms with E-state index in [1.807, 2.05) is 6.92 Å². The van der Waals surface area contributed by atoms with Crippen molar-refractivity contribution in [2.75, 3.05) is 14.2 Å². The Hall–Kier alpha value is -0.670. The number of ketones is 1. The van der Waals surface area contributed by atoms with Crippen LogP contribution in [0, 0.1) is 0 Å². The lowest BCUT2D eigenvalue weighted by Gasteiger charge is -2.11. The third-order valence-electron chi connectivity index (χ3n) is 1.62. The molecule has 0 heterocycles. The molecule has 0 N–H and O–H groups in total. The van der Waals surface area contributed by atoms with Crippen LogP contribution in [-0.2, 0) is 14.3 Å². The molecule has 0 radical (unpaired) electrons. The Balaban J connectivity index is 3.92. The van der Waals surface area contributed by atoms with E-state index in [1.165, 1.54) is 14.2 Å². The molecule has 0 atom stereocenters. The number of carbonyl (C=O) groups excluding carboxylic acids is 1. The van der Waals surface area contributed by atoms with Gasteiger partial charge in [-0.05, 0) is 6.42 Å². The molecule has 0 saturated carbocycles. The molecule has 0 aliphatic carbocycles. The van der Waals surface area contributed by atoms with Crippen LogP contribution in [0.4, 0.5) is 0 Å². The van der Waals surface area contributed by atoms with E-state index in [0.29, 0.717) is 6.42 Å². The van der Waals surface area contributed by atoms with Gasteiger partial charge in [0, 0.05) is 20.6 Å². The zero-order chi connectivity index (χ0) is 9.56. The minimum Gasteiger partial charge on any atom is -0.349 e. The summed E-state index contributed by atoms with van der Waals surface area (Å²) in [5.41, 5.74) is 0.902. The molecule has 3 nitrogen and oxygen atoms in total. The lowest BCUT2D eigenvalue weighted by molar-refractivity contribution is -0.155. The van der Waals surface area contributed by atoms with Crippen molar-refractivity contribution in [3.05, 3.63) is 12.2 Å². The highest BCUT2D eigenvalue weighted by atomic mass is 16.7. The average molecular weight is 172 g/mol. The Morgan fingerprint density at radius 3 is 2.25 bits per heavy atom. The fourth-order valence-electron chi connectivity index (χ4n) is 0.814. The maximum absolute atomic E-state index is 11.3. The van der Waals surface area contributed by atoms with Crippen LogP contribution in [0.15, 0.2) is 12.2 Å². The Kier molecular flexibility index (Phi) is 5.58. The molecule has 0 aliphatic heterocycles. The first-order chi connectivity index (χ1) is 5.65. The zero-order valence-electron chi connectivity index (χ0n) is 7.92. The Bertz CT molecular complexity index is 159. The van der Waals surface area contributed by atoms with Crippen molar-refractivity contribution in [2.24, 2.45) is 0 Å². The van der Waals surface area contributed by atoms with Gasteiger partial charge >= 0.3 is 0 Å². The van der Waals surface area contributed by atoms with Gasteiger partial charge in [0.2, 0.25) is 6.29 Å². The van der Waals surface area contributed by atoms with Crippen LogP contribution < -0.4 is 0 Å². The smallest absolute Gasteiger partial charge is 0.217 e. The van der Waals surface area contributed by atoms with Crippen LogP contribution >= 0.6 is 0 Å². The molecule has 0 unspecified atom stereocenters. The molecular weight excluding hydrogens is 156 g/mol. The van der Waals surface area contributed by atoms with Gasteiger partial charge in [0.15, 0.2) is 5.78 Å². The van der Waals surface area contributed by atoms with Crippen molar-refractivity contribution in [2.45, 2.75) is 26.1 Å². The molecule has 0 aromatic rings. The first-order valence-corrected chi connectivity index (χ1v) is 3.90. The third-order valence-corrected chi connectivity index (χ3v) is 1.62. The molecule has 0 rings (SSSR count). The molecule has 70 valence electrons. The summed E-state index contributed by atoms with van der Waals surface area (Å²) in [5.74, 6) is -0.0770. The number of carbonyl (C=O) groups is 1. The van der Waals surface area contributed by atoms with E-state index >= 15 is 0 Å². The SMILES string of the molecule is C=C(CC)CC(=O)C(OC)OC. The van der Waals surface area contributed by atoms with Crippen LogP contribution in [0.1, 0.15) is 19.8 Å². The molecule has 0 aromatic heterocycles. The lowest BCUT2D eigenvalue weighted by atomic mass is 10.1. The quantitative estimate of drug-likeness (QED) is 0.450. The molecule has 12 heavy (non-hydrogen) atoms. The van der Waals surface area contributed by atoms with Gasteiger partial charge in [-0.2, -0.15) is 0 Å². The number of ether oxygens (including phenoxy) is 2. The topological polar surface area (TPSA) is 35.5 Å². The van der Waals surface area contributed by atoms with Crippen LogP contribution in [0.25, 0.3) is 0 Å². The van der Waals surface area contributed by atoms with Crippen molar-refractivity contribution in [1.82, 2.24) is 0 Å². The molecule has 0 amide bonds. The lowest BCUT2D eigenvalue weighted by Crippen LogP contribution is -2.24. The van der Waals surface area contributed by atoms with Crippen LogP contribution in [0.5, 0.6) is 0 Å². The molecule has 0 bridgehead atoms. The maximum atomic E-state index is 11.3.